The lowest BCUT2D eigenvalue weighted by atomic mass is 10.1. The van der Waals surface area contributed by atoms with Crippen molar-refractivity contribution >= 4 is 27.5 Å². The number of carbonyl (C=O) groups is 2. The molecule has 0 aliphatic rings. The van der Waals surface area contributed by atoms with E-state index in [1.807, 2.05) is 44.2 Å². The molecule has 0 aromatic heterocycles. The van der Waals surface area contributed by atoms with Crippen LogP contribution in [0.3, 0.4) is 0 Å². The first-order chi connectivity index (χ1) is 17.6. The minimum Gasteiger partial charge on any atom is -0.352 e. The third-order valence-electron chi connectivity index (χ3n) is 6.09. The van der Waals surface area contributed by atoms with Crippen molar-refractivity contribution < 1.29 is 22.4 Å². The Morgan fingerprint density at radius 1 is 0.892 bits per heavy atom. The summed E-state index contributed by atoms with van der Waals surface area (Å²) >= 11 is 0. The summed E-state index contributed by atoms with van der Waals surface area (Å²) in [6.07, 6.45) is 0.721. The van der Waals surface area contributed by atoms with Crippen molar-refractivity contribution in [1.82, 2.24) is 10.2 Å². The van der Waals surface area contributed by atoms with Gasteiger partial charge >= 0.3 is 0 Å². The first kappa shape index (κ1) is 27.9. The number of hydrogen-bond donors (Lipinski definition) is 1. The summed E-state index contributed by atoms with van der Waals surface area (Å²) in [5, 5.41) is 2.89. The van der Waals surface area contributed by atoms with E-state index in [9.17, 15) is 22.4 Å². The van der Waals surface area contributed by atoms with E-state index in [0.29, 0.717) is 0 Å². The molecule has 2 atom stereocenters. The Bertz CT molecular complexity index is 1290. The number of rotatable bonds is 11. The van der Waals surface area contributed by atoms with E-state index in [-0.39, 0.29) is 29.1 Å². The van der Waals surface area contributed by atoms with E-state index in [1.54, 1.807) is 25.1 Å². The van der Waals surface area contributed by atoms with Crippen molar-refractivity contribution in [2.45, 2.75) is 50.7 Å². The fourth-order valence-corrected chi connectivity index (χ4v) is 5.12. The molecule has 0 fully saturated rings. The van der Waals surface area contributed by atoms with Gasteiger partial charge in [0.25, 0.3) is 10.0 Å². The van der Waals surface area contributed by atoms with Gasteiger partial charge in [0.1, 0.15) is 18.4 Å². The lowest BCUT2D eigenvalue weighted by Crippen LogP contribution is -2.52. The molecule has 0 spiro atoms. The Hall–Kier alpha value is -3.72. The van der Waals surface area contributed by atoms with Crippen molar-refractivity contribution in [2.24, 2.45) is 0 Å². The maximum absolute atomic E-state index is 13.7. The molecule has 7 nitrogen and oxygen atoms in total. The first-order valence-electron chi connectivity index (χ1n) is 12.1. The molecule has 37 heavy (non-hydrogen) atoms. The highest BCUT2D eigenvalue weighted by Gasteiger charge is 2.32. The van der Waals surface area contributed by atoms with Crippen LogP contribution >= 0.6 is 0 Å². The summed E-state index contributed by atoms with van der Waals surface area (Å²) in [4.78, 5) is 28.1. The zero-order chi connectivity index (χ0) is 27.0. The number of hydrogen-bond acceptors (Lipinski definition) is 4. The van der Waals surface area contributed by atoms with Crippen LogP contribution in [-0.2, 0) is 26.2 Å². The van der Waals surface area contributed by atoms with Crippen LogP contribution in [0.15, 0.2) is 89.8 Å². The lowest BCUT2D eigenvalue weighted by Gasteiger charge is -2.32. The van der Waals surface area contributed by atoms with Crippen molar-refractivity contribution in [3.63, 3.8) is 0 Å². The molecule has 0 bridgehead atoms. The van der Waals surface area contributed by atoms with Crippen LogP contribution in [0.25, 0.3) is 0 Å². The smallest absolute Gasteiger partial charge is 0.264 e. The van der Waals surface area contributed by atoms with Crippen LogP contribution in [0.4, 0.5) is 10.1 Å². The molecule has 0 heterocycles. The number of anilines is 1. The number of benzene rings is 3. The molecular weight excluding hydrogens is 493 g/mol. The molecule has 3 rings (SSSR count). The summed E-state index contributed by atoms with van der Waals surface area (Å²) in [7, 11) is -4.17. The van der Waals surface area contributed by atoms with Crippen LogP contribution < -0.4 is 9.62 Å². The zero-order valence-corrected chi connectivity index (χ0v) is 22.0. The Morgan fingerprint density at radius 3 is 2.03 bits per heavy atom. The van der Waals surface area contributed by atoms with Gasteiger partial charge in [0, 0.05) is 12.6 Å². The predicted octanol–water partition coefficient (Wildman–Crippen LogP) is 4.35. The first-order valence-corrected chi connectivity index (χ1v) is 13.5. The molecule has 1 N–H and O–H groups in total. The Balaban J connectivity index is 1.99. The second-order valence-corrected chi connectivity index (χ2v) is 10.7. The van der Waals surface area contributed by atoms with Crippen LogP contribution in [-0.4, -0.2) is 43.8 Å². The highest BCUT2D eigenvalue weighted by molar-refractivity contribution is 7.92. The fourth-order valence-electron chi connectivity index (χ4n) is 3.68. The Kier molecular flexibility index (Phi) is 9.41. The Labute approximate surface area is 218 Å². The number of halogens is 1. The molecule has 3 aromatic rings. The standard InChI is InChI=1S/C28H32FN3O4S/c1-4-21(2)30-28(34)22(3)31(19-23-11-7-5-8-12-23)27(33)20-32(25-17-15-24(29)16-18-25)37(35,36)26-13-9-6-10-14-26/h5-18,21-22H,4,19-20H2,1-3H3,(H,30,34). The topological polar surface area (TPSA) is 86.8 Å². The molecule has 0 saturated heterocycles. The van der Waals surface area contributed by atoms with E-state index < -0.39 is 34.3 Å². The normalized spacial score (nSPS) is 12.9. The highest BCUT2D eigenvalue weighted by Crippen LogP contribution is 2.25. The molecule has 9 heteroatoms. The molecule has 0 aliphatic carbocycles. The van der Waals surface area contributed by atoms with Gasteiger partial charge in [0.2, 0.25) is 11.8 Å². The second kappa shape index (κ2) is 12.5. The van der Waals surface area contributed by atoms with Gasteiger partial charge in [-0.3, -0.25) is 13.9 Å². The summed E-state index contributed by atoms with van der Waals surface area (Å²) in [6.45, 7) is 4.97. The summed E-state index contributed by atoms with van der Waals surface area (Å²) in [5.41, 5.74) is 0.924. The number of carbonyl (C=O) groups excluding carboxylic acids is 2. The average Bonchev–Trinajstić information content (AvgIpc) is 2.91. The zero-order valence-electron chi connectivity index (χ0n) is 21.2. The van der Waals surface area contributed by atoms with E-state index in [1.165, 1.54) is 29.2 Å². The third kappa shape index (κ3) is 7.16. The van der Waals surface area contributed by atoms with Gasteiger partial charge in [-0.05, 0) is 62.2 Å². The van der Waals surface area contributed by atoms with Crippen LogP contribution in [0.1, 0.15) is 32.8 Å². The molecule has 0 radical (unpaired) electrons. The number of nitrogens with one attached hydrogen (secondary N) is 1. The molecular formula is C28H32FN3O4S. The van der Waals surface area contributed by atoms with Gasteiger partial charge in [-0.2, -0.15) is 0 Å². The summed E-state index contributed by atoms with van der Waals surface area (Å²) in [5.74, 6) is -1.44. The maximum Gasteiger partial charge on any atom is 0.264 e. The van der Waals surface area contributed by atoms with Gasteiger partial charge in [-0.25, -0.2) is 12.8 Å². The molecule has 0 saturated carbocycles. The summed E-state index contributed by atoms with van der Waals surface area (Å²) in [6, 6.07) is 20.8. The van der Waals surface area contributed by atoms with Crippen molar-refractivity contribution in [3.8, 4) is 0 Å². The lowest BCUT2D eigenvalue weighted by molar-refractivity contribution is -0.139. The van der Waals surface area contributed by atoms with Gasteiger partial charge in [-0.1, -0.05) is 55.5 Å². The maximum atomic E-state index is 13.7. The van der Waals surface area contributed by atoms with Gasteiger partial charge in [0.05, 0.1) is 10.6 Å². The average molecular weight is 526 g/mol. The van der Waals surface area contributed by atoms with E-state index in [4.69, 9.17) is 0 Å². The largest absolute Gasteiger partial charge is 0.352 e. The van der Waals surface area contributed by atoms with Crippen LogP contribution in [0, 0.1) is 5.82 Å². The number of amides is 2. The number of nitrogens with zero attached hydrogens (tertiary/aromatic N) is 2. The van der Waals surface area contributed by atoms with Gasteiger partial charge < -0.3 is 10.2 Å². The molecule has 2 amide bonds. The van der Waals surface area contributed by atoms with Crippen molar-refractivity contribution in [1.29, 1.82) is 0 Å². The van der Waals surface area contributed by atoms with Crippen LogP contribution in [0.5, 0.6) is 0 Å². The minimum absolute atomic E-state index is 0.00991. The Morgan fingerprint density at radius 2 is 1.46 bits per heavy atom. The summed E-state index contributed by atoms with van der Waals surface area (Å²) < 4.78 is 41.8. The predicted molar refractivity (Wildman–Crippen MR) is 142 cm³/mol. The van der Waals surface area contributed by atoms with Gasteiger partial charge in [-0.15, -0.1) is 0 Å². The second-order valence-electron chi connectivity index (χ2n) is 8.80. The van der Waals surface area contributed by atoms with Crippen molar-refractivity contribution in [2.75, 3.05) is 10.8 Å². The highest BCUT2D eigenvalue weighted by atomic mass is 32.2. The molecule has 2 unspecified atom stereocenters. The molecule has 196 valence electrons. The molecule has 0 aliphatic heterocycles. The number of sulfonamides is 1. The molecule has 3 aromatic carbocycles. The SMILES string of the molecule is CCC(C)NC(=O)C(C)N(Cc1ccccc1)C(=O)CN(c1ccc(F)cc1)S(=O)(=O)c1ccccc1. The third-order valence-corrected chi connectivity index (χ3v) is 7.88. The van der Waals surface area contributed by atoms with Gasteiger partial charge in [0.15, 0.2) is 0 Å². The van der Waals surface area contributed by atoms with Crippen LogP contribution in [0.2, 0.25) is 0 Å². The van der Waals surface area contributed by atoms with Crippen molar-refractivity contribution in [3.05, 3.63) is 96.3 Å². The van der Waals surface area contributed by atoms with E-state index in [2.05, 4.69) is 5.32 Å². The quantitative estimate of drug-likeness (QED) is 0.403. The fraction of sp³-hybridized carbons (Fsp3) is 0.286. The van der Waals surface area contributed by atoms with E-state index in [0.717, 1.165) is 28.4 Å². The van der Waals surface area contributed by atoms with E-state index >= 15 is 0 Å². The monoisotopic (exact) mass is 525 g/mol. The minimum atomic E-state index is -4.17.